The van der Waals surface area contributed by atoms with E-state index in [-0.39, 0.29) is 12.7 Å². The summed E-state index contributed by atoms with van der Waals surface area (Å²) in [5, 5.41) is 3.26. The number of likely N-dealkylation sites (N-methyl/N-ethyl adjacent to an activating group) is 1. The molecule has 0 bridgehead atoms. The molecule has 6 heteroatoms. The van der Waals surface area contributed by atoms with Gasteiger partial charge < -0.3 is 24.4 Å². The van der Waals surface area contributed by atoms with Crippen molar-refractivity contribution in [1.29, 1.82) is 0 Å². The van der Waals surface area contributed by atoms with Crippen LogP contribution in [-0.2, 0) is 16.1 Å². The summed E-state index contributed by atoms with van der Waals surface area (Å²) in [4.78, 5) is 14.5. The molecular weight excluding hydrogens is 284 g/mol. The number of rotatable bonds is 4. The molecule has 0 aliphatic carbocycles. The summed E-state index contributed by atoms with van der Waals surface area (Å²) in [5.41, 5.74) is 0.316. The standard InChI is InChI=1S/C16H22N2O4/c1-18(15(19)16(20-2)5-7-17-8-6-16)10-12-3-4-13-14(9-12)22-11-21-13/h3-4,9,17H,5-8,10-11H2,1-2H3. The number of carbonyl (C=O) groups is 1. The van der Waals surface area contributed by atoms with E-state index < -0.39 is 5.60 Å². The Hall–Kier alpha value is -1.79. The van der Waals surface area contributed by atoms with Gasteiger partial charge in [0, 0.05) is 20.7 Å². The highest BCUT2D eigenvalue weighted by Gasteiger charge is 2.41. The SMILES string of the molecule is COC1(C(=O)N(C)Cc2ccc3c(c2)OCO3)CCNCC1. The molecular formula is C16H22N2O4. The lowest BCUT2D eigenvalue weighted by Crippen LogP contribution is -2.54. The minimum Gasteiger partial charge on any atom is -0.454 e. The average molecular weight is 306 g/mol. The predicted octanol–water partition coefficient (Wildman–Crippen LogP) is 1.14. The molecule has 6 nitrogen and oxygen atoms in total. The Kier molecular flexibility index (Phi) is 4.22. The van der Waals surface area contributed by atoms with Gasteiger partial charge in [0.2, 0.25) is 6.79 Å². The Labute approximate surface area is 130 Å². The number of benzene rings is 1. The molecule has 0 saturated carbocycles. The molecule has 0 atom stereocenters. The number of amides is 1. The van der Waals surface area contributed by atoms with Crippen molar-refractivity contribution in [3.8, 4) is 11.5 Å². The molecule has 2 aliphatic heterocycles. The molecule has 0 aromatic heterocycles. The van der Waals surface area contributed by atoms with Gasteiger partial charge >= 0.3 is 0 Å². The van der Waals surface area contributed by atoms with Gasteiger partial charge in [-0.2, -0.15) is 0 Å². The van der Waals surface area contributed by atoms with Crippen LogP contribution in [0.15, 0.2) is 18.2 Å². The van der Waals surface area contributed by atoms with E-state index in [4.69, 9.17) is 14.2 Å². The zero-order valence-electron chi connectivity index (χ0n) is 13.1. The van der Waals surface area contributed by atoms with Gasteiger partial charge in [-0.1, -0.05) is 6.07 Å². The van der Waals surface area contributed by atoms with E-state index in [2.05, 4.69) is 5.32 Å². The van der Waals surface area contributed by atoms with Crippen LogP contribution in [0.3, 0.4) is 0 Å². The van der Waals surface area contributed by atoms with Crippen molar-refractivity contribution in [2.45, 2.75) is 25.0 Å². The molecule has 1 fully saturated rings. The fraction of sp³-hybridized carbons (Fsp3) is 0.562. The molecule has 1 aromatic rings. The lowest BCUT2D eigenvalue weighted by molar-refractivity contribution is -0.157. The molecule has 1 aromatic carbocycles. The summed E-state index contributed by atoms with van der Waals surface area (Å²) < 4.78 is 16.3. The maximum absolute atomic E-state index is 12.8. The summed E-state index contributed by atoms with van der Waals surface area (Å²) in [6.07, 6.45) is 1.40. The van der Waals surface area contributed by atoms with Crippen molar-refractivity contribution < 1.29 is 19.0 Å². The fourth-order valence-electron chi connectivity index (χ4n) is 3.07. The van der Waals surface area contributed by atoms with Gasteiger partial charge in [0.15, 0.2) is 11.5 Å². The first-order valence-electron chi connectivity index (χ1n) is 7.54. The normalized spacial score (nSPS) is 19.0. The van der Waals surface area contributed by atoms with Gasteiger partial charge in [-0.25, -0.2) is 0 Å². The zero-order valence-corrected chi connectivity index (χ0v) is 13.1. The van der Waals surface area contributed by atoms with Crippen LogP contribution in [0.25, 0.3) is 0 Å². The summed E-state index contributed by atoms with van der Waals surface area (Å²) >= 11 is 0. The van der Waals surface area contributed by atoms with Gasteiger partial charge in [0.25, 0.3) is 5.91 Å². The maximum atomic E-state index is 12.8. The first kappa shape index (κ1) is 15.1. The van der Waals surface area contributed by atoms with Crippen molar-refractivity contribution in [3.63, 3.8) is 0 Å². The molecule has 1 saturated heterocycles. The molecule has 22 heavy (non-hydrogen) atoms. The summed E-state index contributed by atoms with van der Waals surface area (Å²) in [6, 6.07) is 5.76. The van der Waals surface area contributed by atoms with Crippen LogP contribution < -0.4 is 14.8 Å². The van der Waals surface area contributed by atoms with Gasteiger partial charge in [-0.15, -0.1) is 0 Å². The van der Waals surface area contributed by atoms with Crippen molar-refractivity contribution in [3.05, 3.63) is 23.8 Å². The monoisotopic (exact) mass is 306 g/mol. The van der Waals surface area contributed by atoms with E-state index in [1.165, 1.54) is 0 Å². The molecule has 2 heterocycles. The van der Waals surface area contributed by atoms with E-state index in [0.717, 1.165) is 30.2 Å². The topological polar surface area (TPSA) is 60.0 Å². The number of hydrogen-bond acceptors (Lipinski definition) is 5. The molecule has 120 valence electrons. The largest absolute Gasteiger partial charge is 0.454 e. The minimum absolute atomic E-state index is 0.0363. The lowest BCUT2D eigenvalue weighted by Gasteiger charge is -2.37. The molecule has 3 rings (SSSR count). The quantitative estimate of drug-likeness (QED) is 0.904. The lowest BCUT2D eigenvalue weighted by atomic mass is 9.90. The van der Waals surface area contributed by atoms with Crippen LogP contribution in [0, 0.1) is 0 Å². The van der Waals surface area contributed by atoms with Crippen LogP contribution >= 0.6 is 0 Å². The van der Waals surface area contributed by atoms with E-state index >= 15 is 0 Å². The number of piperidine rings is 1. The second kappa shape index (κ2) is 6.14. The number of nitrogens with zero attached hydrogens (tertiary/aromatic N) is 1. The summed E-state index contributed by atoms with van der Waals surface area (Å²) in [7, 11) is 3.44. The van der Waals surface area contributed by atoms with E-state index in [0.29, 0.717) is 19.4 Å². The minimum atomic E-state index is -0.698. The Morgan fingerprint density at radius 2 is 2.05 bits per heavy atom. The smallest absolute Gasteiger partial charge is 0.254 e. The van der Waals surface area contributed by atoms with Crippen molar-refractivity contribution in [1.82, 2.24) is 10.2 Å². The summed E-state index contributed by atoms with van der Waals surface area (Å²) in [5.74, 6) is 1.53. The first-order chi connectivity index (χ1) is 10.6. The predicted molar refractivity (Wildman–Crippen MR) is 80.9 cm³/mol. The summed E-state index contributed by atoms with van der Waals surface area (Å²) in [6.45, 7) is 2.39. The molecule has 0 spiro atoms. The van der Waals surface area contributed by atoms with Crippen molar-refractivity contribution in [2.75, 3.05) is 34.0 Å². The van der Waals surface area contributed by atoms with Crippen LogP contribution in [0.1, 0.15) is 18.4 Å². The highest BCUT2D eigenvalue weighted by molar-refractivity contribution is 5.85. The second-order valence-electron chi connectivity index (χ2n) is 5.80. The van der Waals surface area contributed by atoms with Gasteiger partial charge in [0.1, 0.15) is 5.60 Å². The van der Waals surface area contributed by atoms with Crippen molar-refractivity contribution in [2.24, 2.45) is 0 Å². The third kappa shape index (κ3) is 2.76. The number of fused-ring (bicyclic) bond motifs is 1. The Balaban J connectivity index is 1.70. The zero-order chi connectivity index (χ0) is 15.6. The Bertz CT molecular complexity index is 555. The Morgan fingerprint density at radius 1 is 1.32 bits per heavy atom. The van der Waals surface area contributed by atoms with E-state index in [1.807, 2.05) is 25.2 Å². The molecule has 2 aliphatic rings. The molecule has 1 amide bonds. The number of carbonyl (C=O) groups excluding carboxylic acids is 1. The third-order valence-corrected chi connectivity index (χ3v) is 4.40. The van der Waals surface area contributed by atoms with E-state index in [9.17, 15) is 4.79 Å². The van der Waals surface area contributed by atoms with Crippen molar-refractivity contribution >= 4 is 5.91 Å². The highest BCUT2D eigenvalue weighted by Crippen LogP contribution is 2.33. The van der Waals surface area contributed by atoms with Gasteiger partial charge in [-0.3, -0.25) is 4.79 Å². The molecule has 0 unspecified atom stereocenters. The number of ether oxygens (including phenoxy) is 3. The van der Waals surface area contributed by atoms with Crippen LogP contribution in [0.5, 0.6) is 11.5 Å². The number of methoxy groups -OCH3 is 1. The van der Waals surface area contributed by atoms with Crippen LogP contribution in [-0.4, -0.2) is 50.4 Å². The van der Waals surface area contributed by atoms with Gasteiger partial charge in [-0.05, 0) is 43.6 Å². The van der Waals surface area contributed by atoms with Crippen LogP contribution in [0.2, 0.25) is 0 Å². The second-order valence-corrected chi connectivity index (χ2v) is 5.80. The molecule has 1 N–H and O–H groups in total. The molecule has 0 radical (unpaired) electrons. The third-order valence-electron chi connectivity index (χ3n) is 4.40. The highest BCUT2D eigenvalue weighted by atomic mass is 16.7. The van der Waals surface area contributed by atoms with E-state index in [1.54, 1.807) is 12.0 Å². The number of hydrogen-bond donors (Lipinski definition) is 1. The average Bonchev–Trinajstić information content (AvgIpc) is 3.02. The maximum Gasteiger partial charge on any atom is 0.254 e. The Morgan fingerprint density at radius 3 is 2.77 bits per heavy atom. The first-order valence-corrected chi connectivity index (χ1v) is 7.54. The number of nitrogens with one attached hydrogen (secondary N) is 1. The fourth-order valence-corrected chi connectivity index (χ4v) is 3.07. The van der Waals surface area contributed by atoms with Gasteiger partial charge in [0.05, 0.1) is 0 Å². The van der Waals surface area contributed by atoms with Crippen LogP contribution in [0.4, 0.5) is 0 Å².